The molecular formula is C17H18ClNO2S. The van der Waals surface area contributed by atoms with Gasteiger partial charge in [0.2, 0.25) is 0 Å². The average molecular weight is 336 g/mol. The highest BCUT2D eigenvalue weighted by molar-refractivity contribution is 7.91. The van der Waals surface area contributed by atoms with Crippen LogP contribution in [0.15, 0.2) is 60.0 Å². The summed E-state index contributed by atoms with van der Waals surface area (Å²) in [5.41, 5.74) is 7.88. The number of anilines is 1. The smallest absolute Gasteiger partial charge is 0.185 e. The maximum Gasteiger partial charge on any atom is 0.185 e. The van der Waals surface area contributed by atoms with Crippen molar-refractivity contribution in [3.05, 3.63) is 71.3 Å². The van der Waals surface area contributed by atoms with E-state index in [0.717, 1.165) is 5.56 Å². The molecule has 0 spiro atoms. The topological polar surface area (TPSA) is 60.2 Å². The van der Waals surface area contributed by atoms with Crippen LogP contribution >= 0.6 is 11.6 Å². The number of nitrogens with two attached hydrogens (primary N) is 1. The Hall–Kier alpha value is -1.78. The van der Waals surface area contributed by atoms with Gasteiger partial charge in [-0.15, -0.1) is 6.58 Å². The van der Waals surface area contributed by atoms with E-state index >= 15 is 0 Å². The molecule has 0 aliphatic carbocycles. The Balaban J connectivity index is 2.57. The fraction of sp³-hybridized carbons (Fsp3) is 0.176. The molecule has 5 heteroatoms. The normalized spacial score (nSPS) is 12.8. The highest BCUT2D eigenvalue weighted by atomic mass is 35.5. The molecular weight excluding hydrogens is 318 g/mol. The molecule has 0 radical (unpaired) electrons. The molecule has 0 fully saturated rings. The van der Waals surface area contributed by atoms with Crippen LogP contribution < -0.4 is 5.73 Å². The molecule has 116 valence electrons. The molecule has 0 unspecified atom stereocenters. The SMILES string of the molecule is C=CC[C@H](c1cc(Cl)ccc1N)S(=O)(=O)c1ccc(C)cc1. The average Bonchev–Trinajstić information content (AvgIpc) is 2.48. The zero-order valence-electron chi connectivity index (χ0n) is 12.3. The van der Waals surface area contributed by atoms with Gasteiger partial charge in [-0.2, -0.15) is 0 Å². The fourth-order valence-corrected chi connectivity index (χ4v) is 4.24. The number of sulfone groups is 1. The van der Waals surface area contributed by atoms with Gasteiger partial charge in [0.25, 0.3) is 0 Å². The van der Waals surface area contributed by atoms with Crippen LogP contribution in [0.3, 0.4) is 0 Å². The third kappa shape index (κ3) is 3.34. The summed E-state index contributed by atoms with van der Waals surface area (Å²) in [5.74, 6) is 0. The molecule has 0 amide bonds. The minimum absolute atomic E-state index is 0.265. The summed E-state index contributed by atoms with van der Waals surface area (Å²) in [5, 5.41) is -0.344. The first-order valence-corrected chi connectivity index (χ1v) is 8.75. The van der Waals surface area contributed by atoms with Gasteiger partial charge in [-0.25, -0.2) is 8.42 Å². The maximum atomic E-state index is 13.0. The minimum Gasteiger partial charge on any atom is -0.398 e. The number of benzene rings is 2. The van der Waals surface area contributed by atoms with E-state index in [1.54, 1.807) is 48.5 Å². The molecule has 1 atom stereocenters. The Bertz CT molecular complexity index is 783. The van der Waals surface area contributed by atoms with Gasteiger partial charge in [0.05, 0.1) is 10.1 Å². The predicted octanol–water partition coefficient (Wildman–Crippen LogP) is 4.32. The van der Waals surface area contributed by atoms with Gasteiger partial charge < -0.3 is 5.73 Å². The lowest BCUT2D eigenvalue weighted by Gasteiger charge is -2.19. The molecule has 2 aromatic carbocycles. The molecule has 2 aromatic rings. The number of rotatable bonds is 5. The van der Waals surface area contributed by atoms with Gasteiger partial charge in [-0.05, 0) is 49.2 Å². The molecule has 0 aliphatic heterocycles. The lowest BCUT2D eigenvalue weighted by molar-refractivity contribution is 0.582. The van der Waals surface area contributed by atoms with Gasteiger partial charge in [0, 0.05) is 10.7 Å². The Kier molecular flexibility index (Phi) is 4.94. The van der Waals surface area contributed by atoms with Crippen molar-refractivity contribution in [1.82, 2.24) is 0 Å². The molecule has 22 heavy (non-hydrogen) atoms. The van der Waals surface area contributed by atoms with Gasteiger partial charge >= 0.3 is 0 Å². The summed E-state index contributed by atoms with van der Waals surface area (Å²) in [6.07, 6.45) is 1.84. The first-order valence-electron chi connectivity index (χ1n) is 6.82. The molecule has 3 nitrogen and oxygen atoms in total. The molecule has 2 N–H and O–H groups in total. The number of halogens is 1. The van der Waals surface area contributed by atoms with Gasteiger partial charge in [-0.1, -0.05) is 35.4 Å². The van der Waals surface area contributed by atoms with Crippen LogP contribution in [-0.2, 0) is 9.84 Å². The highest BCUT2D eigenvalue weighted by Gasteiger charge is 2.29. The van der Waals surface area contributed by atoms with Crippen molar-refractivity contribution in [2.24, 2.45) is 0 Å². The summed E-state index contributed by atoms with van der Waals surface area (Å²) >= 11 is 6.00. The molecule has 0 aliphatic rings. The molecule has 0 bridgehead atoms. The van der Waals surface area contributed by atoms with Crippen LogP contribution in [0.5, 0.6) is 0 Å². The number of allylic oxidation sites excluding steroid dienone is 1. The minimum atomic E-state index is -3.58. The second-order valence-corrected chi connectivity index (χ2v) is 7.71. The zero-order chi connectivity index (χ0) is 16.3. The number of hydrogen-bond acceptors (Lipinski definition) is 3. The van der Waals surface area contributed by atoms with Crippen molar-refractivity contribution < 1.29 is 8.42 Å². The molecule has 0 saturated carbocycles. The predicted molar refractivity (Wildman–Crippen MR) is 91.8 cm³/mol. The lowest BCUT2D eigenvalue weighted by atomic mass is 10.1. The summed E-state index contributed by atoms with van der Waals surface area (Å²) in [6, 6.07) is 11.7. The van der Waals surface area contributed by atoms with E-state index in [9.17, 15) is 8.42 Å². The molecule has 0 heterocycles. The van der Waals surface area contributed by atoms with Crippen molar-refractivity contribution in [2.75, 3.05) is 5.73 Å². The first-order chi connectivity index (χ1) is 10.4. The second kappa shape index (κ2) is 6.55. The van der Waals surface area contributed by atoms with Crippen LogP contribution in [0, 0.1) is 6.92 Å². The number of aryl methyl sites for hydroxylation is 1. The monoisotopic (exact) mass is 335 g/mol. The van der Waals surface area contributed by atoms with E-state index in [0.29, 0.717) is 16.3 Å². The summed E-state index contributed by atoms with van der Waals surface area (Å²) < 4.78 is 25.9. The summed E-state index contributed by atoms with van der Waals surface area (Å²) in [7, 11) is -3.58. The van der Waals surface area contributed by atoms with Gasteiger partial charge in [0.15, 0.2) is 9.84 Å². The van der Waals surface area contributed by atoms with Crippen molar-refractivity contribution >= 4 is 27.1 Å². The summed E-state index contributed by atoms with van der Waals surface area (Å²) in [4.78, 5) is 0.268. The van der Waals surface area contributed by atoms with E-state index in [2.05, 4.69) is 6.58 Å². The fourth-order valence-electron chi connectivity index (χ4n) is 2.29. The number of hydrogen-bond donors (Lipinski definition) is 1. The third-order valence-electron chi connectivity index (χ3n) is 3.50. The Morgan fingerprint density at radius 1 is 1.23 bits per heavy atom. The van der Waals surface area contributed by atoms with Gasteiger partial charge in [-0.3, -0.25) is 0 Å². The van der Waals surface area contributed by atoms with E-state index < -0.39 is 15.1 Å². The maximum absolute atomic E-state index is 13.0. The van der Waals surface area contributed by atoms with Crippen molar-refractivity contribution in [2.45, 2.75) is 23.5 Å². The Morgan fingerprint density at radius 3 is 2.45 bits per heavy atom. The van der Waals surface area contributed by atoms with Crippen LogP contribution in [0.1, 0.15) is 22.8 Å². The van der Waals surface area contributed by atoms with Gasteiger partial charge in [0.1, 0.15) is 0 Å². The summed E-state index contributed by atoms with van der Waals surface area (Å²) in [6.45, 7) is 5.57. The van der Waals surface area contributed by atoms with Crippen LogP contribution in [0.2, 0.25) is 5.02 Å². The first kappa shape index (κ1) is 16.6. The Morgan fingerprint density at radius 2 is 1.86 bits per heavy atom. The van der Waals surface area contributed by atoms with Crippen molar-refractivity contribution in [1.29, 1.82) is 0 Å². The second-order valence-electron chi connectivity index (χ2n) is 5.14. The van der Waals surface area contributed by atoms with Crippen molar-refractivity contribution in [3.63, 3.8) is 0 Å². The molecule has 0 saturated heterocycles. The zero-order valence-corrected chi connectivity index (χ0v) is 13.9. The van der Waals surface area contributed by atoms with E-state index in [-0.39, 0.29) is 11.3 Å². The molecule has 2 rings (SSSR count). The van der Waals surface area contributed by atoms with E-state index in [4.69, 9.17) is 17.3 Å². The van der Waals surface area contributed by atoms with Crippen molar-refractivity contribution in [3.8, 4) is 0 Å². The third-order valence-corrected chi connectivity index (χ3v) is 5.86. The van der Waals surface area contributed by atoms with E-state index in [1.807, 2.05) is 6.92 Å². The lowest BCUT2D eigenvalue weighted by Crippen LogP contribution is -2.15. The van der Waals surface area contributed by atoms with Crippen LogP contribution in [0.4, 0.5) is 5.69 Å². The standard InChI is InChI=1S/C17H18ClNO2S/c1-3-4-17(15-11-13(18)7-10-16(15)19)22(20,21)14-8-5-12(2)6-9-14/h3,5-11,17H,1,4,19H2,2H3/t17-/m1/s1. The molecule has 0 aromatic heterocycles. The van der Waals surface area contributed by atoms with Crippen LogP contribution in [0.25, 0.3) is 0 Å². The highest BCUT2D eigenvalue weighted by Crippen LogP contribution is 2.36. The quantitative estimate of drug-likeness (QED) is 0.653. The van der Waals surface area contributed by atoms with E-state index in [1.165, 1.54) is 0 Å². The number of nitrogen functional groups attached to an aromatic ring is 1. The Labute approximate surface area is 136 Å². The largest absolute Gasteiger partial charge is 0.398 e. The van der Waals surface area contributed by atoms with Crippen LogP contribution in [-0.4, -0.2) is 8.42 Å².